The van der Waals surface area contributed by atoms with E-state index in [1.165, 1.54) is 15.0 Å². The van der Waals surface area contributed by atoms with Crippen LogP contribution in [0.2, 0.25) is 0 Å². The number of aryl methyl sites for hydroxylation is 1. The van der Waals surface area contributed by atoms with Crippen LogP contribution in [-0.4, -0.2) is 4.98 Å². The zero-order valence-corrected chi connectivity index (χ0v) is 8.37. The second-order valence-corrected chi connectivity index (χ2v) is 4.38. The van der Waals surface area contributed by atoms with Gasteiger partial charge in [0.1, 0.15) is 4.60 Å². The molecule has 0 bridgehead atoms. The molecule has 56 valence electrons. The SMILES string of the molecule is Cc1cc2ccnc(Br)c2s1. The van der Waals surface area contributed by atoms with Crippen LogP contribution in [-0.2, 0) is 0 Å². The van der Waals surface area contributed by atoms with Gasteiger partial charge in [0.25, 0.3) is 0 Å². The lowest BCUT2D eigenvalue weighted by atomic mass is 10.3. The number of rotatable bonds is 0. The minimum Gasteiger partial charge on any atom is -0.248 e. The summed E-state index contributed by atoms with van der Waals surface area (Å²) in [6.45, 7) is 2.11. The number of thiophene rings is 1. The Labute approximate surface area is 77.2 Å². The zero-order chi connectivity index (χ0) is 7.84. The Morgan fingerprint density at radius 3 is 3.09 bits per heavy atom. The van der Waals surface area contributed by atoms with E-state index in [4.69, 9.17) is 0 Å². The normalized spacial score (nSPS) is 10.7. The average molecular weight is 228 g/mol. The summed E-state index contributed by atoms with van der Waals surface area (Å²) in [6.07, 6.45) is 1.82. The molecule has 0 unspecified atom stereocenters. The summed E-state index contributed by atoms with van der Waals surface area (Å²) >= 11 is 5.18. The summed E-state index contributed by atoms with van der Waals surface area (Å²) < 4.78 is 2.19. The minimum absolute atomic E-state index is 0.952. The number of fused-ring (bicyclic) bond motifs is 1. The highest BCUT2D eigenvalue weighted by molar-refractivity contribution is 9.10. The molecule has 2 rings (SSSR count). The Morgan fingerprint density at radius 2 is 2.36 bits per heavy atom. The van der Waals surface area contributed by atoms with Crippen molar-refractivity contribution in [2.75, 3.05) is 0 Å². The van der Waals surface area contributed by atoms with Gasteiger partial charge in [0, 0.05) is 11.1 Å². The Balaban J connectivity index is 2.90. The van der Waals surface area contributed by atoms with Gasteiger partial charge < -0.3 is 0 Å². The van der Waals surface area contributed by atoms with Gasteiger partial charge >= 0.3 is 0 Å². The summed E-state index contributed by atoms with van der Waals surface area (Å²) in [5.41, 5.74) is 0. The number of hydrogen-bond donors (Lipinski definition) is 0. The van der Waals surface area contributed by atoms with Crippen molar-refractivity contribution in [1.29, 1.82) is 0 Å². The first-order valence-corrected chi connectivity index (χ1v) is 4.89. The van der Waals surface area contributed by atoms with Gasteiger partial charge in [-0.05, 0) is 40.4 Å². The first kappa shape index (κ1) is 7.25. The standard InChI is InChI=1S/C8H6BrNS/c1-5-4-6-2-3-10-8(9)7(6)11-5/h2-4H,1H3. The third-order valence-electron chi connectivity index (χ3n) is 1.51. The molecule has 0 aliphatic rings. The Kier molecular flexibility index (Phi) is 1.69. The predicted molar refractivity (Wildman–Crippen MR) is 52.1 cm³/mol. The van der Waals surface area contributed by atoms with Crippen LogP contribution in [0.3, 0.4) is 0 Å². The van der Waals surface area contributed by atoms with Gasteiger partial charge in [0.2, 0.25) is 0 Å². The maximum absolute atomic E-state index is 4.15. The summed E-state index contributed by atoms with van der Waals surface area (Å²) in [6, 6.07) is 4.20. The number of pyridine rings is 1. The molecule has 2 aromatic heterocycles. The van der Waals surface area contributed by atoms with Gasteiger partial charge in [-0.1, -0.05) is 0 Å². The molecule has 0 saturated carbocycles. The highest BCUT2D eigenvalue weighted by Gasteiger charge is 2.01. The molecule has 0 atom stereocenters. The van der Waals surface area contributed by atoms with E-state index in [-0.39, 0.29) is 0 Å². The largest absolute Gasteiger partial charge is 0.248 e. The topological polar surface area (TPSA) is 12.9 Å². The first-order chi connectivity index (χ1) is 5.27. The fourth-order valence-corrected chi connectivity index (χ4v) is 2.54. The van der Waals surface area contributed by atoms with E-state index in [9.17, 15) is 0 Å². The molecule has 0 amide bonds. The van der Waals surface area contributed by atoms with Gasteiger partial charge in [-0.3, -0.25) is 0 Å². The van der Waals surface area contributed by atoms with Gasteiger partial charge in [-0.15, -0.1) is 11.3 Å². The van der Waals surface area contributed by atoms with Crippen LogP contribution < -0.4 is 0 Å². The van der Waals surface area contributed by atoms with Crippen LogP contribution in [0.4, 0.5) is 0 Å². The van der Waals surface area contributed by atoms with Gasteiger partial charge in [-0.2, -0.15) is 0 Å². The quantitative estimate of drug-likeness (QED) is 0.630. The van der Waals surface area contributed by atoms with E-state index < -0.39 is 0 Å². The van der Waals surface area contributed by atoms with Crippen LogP contribution in [0.5, 0.6) is 0 Å². The number of halogens is 1. The Bertz CT molecular complexity index is 394. The first-order valence-electron chi connectivity index (χ1n) is 3.28. The van der Waals surface area contributed by atoms with Crippen molar-refractivity contribution < 1.29 is 0 Å². The van der Waals surface area contributed by atoms with Crippen molar-refractivity contribution in [2.24, 2.45) is 0 Å². The van der Waals surface area contributed by atoms with Crippen molar-refractivity contribution >= 4 is 37.4 Å². The third-order valence-corrected chi connectivity index (χ3v) is 3.45. The highest BCUT2D eigenvalue weighted by atomic mass is 79.9. The molecule has 11 heavy (non-hydrogen) atoms. The fourth-order valence-electron chi connectivity index (χ4n) is 1.06. The van der Waals surface area contributed by atoms with E-state index in [0.717, 1.165) is 4.60 Å². The second kappa shape index (κ2) is 2.57. The molecule has 0 aliphatic carbocycles. The lowest BCUT2D eigenvalue weighted by Gasteiger charge is -1.88. The van der Waals surface area contributed by atoms with Crippen LogP contribution in [0.15, 0.2) is 22.9 Å². The highest BCUT2D eigenvalue weighted by Crippen LogP contribution is 2.29. The average Bonchev–Trinajstić information content (AvgIpc) is 2.31. The molecule has 2 heterocycles. The lowest BCUT2D eigenvalue weighted by Crippen LogP contribution is -1.70. The van der Waals surface area contributed by atoms with Gasteiger partial charge in [0.15, 0.2) is 0 Å². The van der Waals surface area contributed by atoms with Crippen molar-refractivity contribution in [3.8, 4) is 0 Å². The predicted octanol–water partition coefficient (Wildman–Crippen LogP) is 3.37. The second-order valence-electron chi connectivity index (χ2n) is 2.38. The van der Waals surface area contributed by atoms with Crippen LogP contribution in [0, 0.1) is 6.92 Å². The summed E-state index contributed by atoms with van der Waals surface area (Å²) in [5, 5.41) is 1.27. The Hall–Kier alpha value is -0.410. The minimum atomic E-state index is 0.952. The van der Waals surface area contributed by atoms with Gasteiger partial charge in [-0.25, -0.2) is 4.98 Å². The van der Waals surface area contributed by atoms with Crippen molar-refractivity contribution in [3.63, 3.8) is 0 Å². The molecule has 0 spiro atoms. The maximum Gasteiger partial charge on any atom is 0.123 e. The molecule has 3 heteroatoms. The molecule has 0 aromatic carbocycles. The molecular weight excluding hydrogens is 222 g/mol. The van der Waals surface area contributed by atoms with Crippen molar-refractivity contribution in [2.45, 2.75) is 6.92 Å². The maximum atomic E-state index is 4.15. The third kappa shape index (κ3) is 1.19. The molecule has 0 N–H and O–H groups in total. The molecule has 0 saturated heterocycles. The lowest BCUT2D eigenvalue weighted by molar-refractivity contribution is 1.32. The molecule has 0 aliphatic heterocycles. The number of hydrogen-bond acceptors (Lipinski definition) is 2. The molecule has 1 nitrogen and oxygen atoms in total. The van der Waals surface area contributed by atoms with E-state index >= 15 is 0 Å². The summed E-state index contributed by atoms with van der Waals surface area (Å²) in [4.78, 5) is 5.48. The van der Waals surface area contributed by atoms with Crippen molar-refractivity contribution in [1.82, 2.24) is 4.98 Å². The van der Waals surface area contributed by atoms with Crippen LogP contribution >= 0.6 is 27.3 Å². The van der Waals surface area contributed by atoms with Gasteiger partial charge in [0.05, 0.1) is 4.70 Å². The van der Waals surface area contributed by atoms with Crippen LogP contribution in [0.25, 0.3) is 10.1 Å². The molecule has 0 radical (unpaired) electrons. The van der Waals surface area contributed by atoms with E-state index in [1.54, 1.807) is 11.3 Å². The zero-order valence-electron chi connectivity index (χ0n) is 5.97. The molecule has 2 aromatic rings. The monoisotopic (exact) mass is 227 g/mol. The molecule has 0 fully saturated rings. The van der Waals surface area contributed by atoms with E-state index in [0.29, 0.717) is 0 Å². The molecular formula is C8H6BrNS. The van der Waals surface area contributed by atoms with Crippen molar-refractivity contribution in [3.05, 3.63) is 27.8 Å². The Morgan fingerprint density at radius 1 is 1.55 bits per heavy atom. The summed E-state index contributed by atoms with van der Waals surface area (Å²) in [7, 11) is 0. The smallest absolute Gasteiger partial charge is 0.123 e. The number of nitrogens with zero attached hydrogens (tertiary/aromatic N) is 1. The van der Waals surface area contributed by atoms with E-state index in [1.807, 2.05) is 12.3 Å². The fraction of sp³-hybridized carbons (Fsp3) is 0.125. The number of aromatic nitrogens is 1. The van der Waals surface area contributed by atoms with E-state index in [2.05, 4.69) is 33.9 Å². The summed E-state index contributed by atoms with van der Waals surface area (Å²) in [5.74, 6) is 0. The van der Waals surface area contributed by atoms with Crippen LogP contribution in [0.1, 0.15) is 4.88 Å².